The monoisotopic (exact) mass is 551 g/mol. The summed E-state index contributed by atoms with van der Waals surface area (Å²) in [6, 6.07) is 12.2. The molecule has 2 amide bonds. The molecule has 2 aliphatic heterocycles. The van der Waals surface area contributed by atoms with Crippen molar-refractivity contribution in [3.8, 4) is 11.9 Å². The Kier molecular flexibility index (Phi) is 6.46. The lowest BCUT2D eigenvalue weighted by molar-refractivity contribution is -0.138. The predicted octanol–water partition coefficient (Wildman–Crippen LogP) is 2.56. The first kappa shape index (κ1) is 25.8. The molecule has 1 fully saturated rings. The molecule has 1 saturated heterocycles. The molecule has 0 radical (unpaired) electrons. The maximum Gasteiger partial charge on any atom is 0.280 e. The fourth-order valence-electron chi connectivity index (χ4n) is 5.43. The van der Waals surface area contributed by atoms with Crippen LogP contribution < -0.4 is 9.04 Å². The summed E-state index contributed by atoms with van der Waals surface area (Å²) in [5, 5.41) is 11.4. The number of hydrogen-bond donors (Lipinski definition) is 0. The molecule has 1 unspecified atom stereocenters. The van der Waals surface area contributed by atoms with E-state index in [-0.39, 0.29) is 32.8 Å². The van der Waals surface area contributed by atoms with Gasteiger partial charge in [0.2, 0.25) is 11.8 Å². The van der Waals surface area contributed by atoms with Gasteiger partial charge in [-0.1, -0.05) is 6.07 Å². The minimum Gasteiger partial charge on any atom is -0.481 e. The van der Waals surface area contributed by atoms with Crippen molar-refractivity contribution >= 4 is 38.9 Å². The van der Waals surface area contributed by atoms with Crippen molar-refractivity contribution in [2.24, 2.45) is 0 Å². The SMILES string of the molecule is COc1ncccc1C1(N2CCC[C@H]2C(=O)N(C)C)C(=O)N(S(=O)(=O)c2cccs2)c2ccc(C#N)cc21. The average molecular weight is 552 g/mol. The van der Waals surface area contributed by atoms with Gasteiger partial charge in [0.1, 0.15) is 4.21 Å². The van der Waals surface area contributed by atoms with E-state index in [1.165, 1.54) is 42.5 Å². The number of sulfonamides is 1. The maximum absolute atomic E-state index is 14.8. The number of likely N-dealkylation sites (N-methyl/N-ethyl adjacent to an activating group) is 1. The lowest BCUT2D eigenvalue weighted by Crippen LogP contribution is -2.59. The number of amides is 2. The molecule has 38 heavy (non-hydrogen) atoms. The van der Waals surface area contributed by atoms with Crippen molar-refractivity contribution in [2.75, 3.05) is 32.1 Å². The average Bonchev–Trinajstić information content (AvgIpc) is 3.67. The van der Waals surface area contributed by atoms with Crippen LogP contribution in [0.5, 0.6) is 5.88 Å². The van der Waals surface area contributed by atoms with E-state index in [1.54, 1.807) is 42.6 Å². The maximum atomic E-state index is 14.8. The van der Waals surface area contributed by atoms with Crippen LogP contribution in [0.1, 0.15) is 29.5 Å². The molecule has 3 aromatic rings. The molecule has 1 aromatic carbocycles. The molecular formula is C26H25N5O5S2. The third-order valence-corrected chi connectivity index (χ3v) is 10.1. The molecule has 12 heteroatoms. The molecule has 0 spiro atoms. The van der Waals surface area contributed by atoms with Gasteiger partial charge in [-0.25, -0.2) is 4.98 Å². The zero-order valence-electron chi connectivity index (χ0n) is 21.0. The van der Waals surface area contributed by atoms with Crippen molar-refractivity contribution in [2.45, 2.75) is 28.6 Å². The molecule has 0 saturated carbocycles. The fraction of sp³-hybridized carbons (Fsp3) is 0.308. The standard InChI is InChI=1S/C26H25N5O5S2/c1-29(2)24(32)21-8-5-13-30(21)26(18-7-4-12-28-23(18)36-3)19-15-17(16-27)10-11-20(19)31(25(26)33)38(34,35)22-9-6-14-37-22/h4,6-7,9-12,14-15,21H,5,8,13H2,1-3H3/t21-,26?/m0/s1. The number of ether oxygens (including phenoxy) is 1. The zero-order valence-corrected chi connectivity index (χ0v) is 22.6. The number of fused-ring (bicyclic) bond motifs is 1. The van der Waals surface area contributed by atoms with E-state index >= 15 is 0 Å². The van der Waals surface area contributed by atoms with Gasteiger partial charge < -0.3 is 9.64 Å². The highest BCUT2D eigenvalue weighted by atomic mass is 32.2. The van der Waals surface area contributed by atoms with Crippen LogP contribution >= 0.6 is 11.3 Å². The number of rotatable bonds is 6. The highest BCUT2D eigenvalue weighted by Crippen LogP contribution is 2.54. The van der Waals surface area contributed by atoms with Crippen LogP contribution in [0.3, 0.4) is 0 Å². The number of hydrogen-bond acceptors (Lipinski definition) is 9. The van der Waals surface area contributed by atoms with E-state index < -0.39 is 27.5 Å². The minimum absolute atomic E-state index is 0.00236. The van der Waals surface area contributed by atoms with Gasteiger partial charge in [0.25, 0.3) is 15.9 Å². The Balaban J connectivity index is 1.89. The van der Waals surface area contributed by atoms with Gasteiger partial charge in [0, 0.05) is 38.0 Å². The molecule has 0 N–H and O–H groups in total. The first-order valence-electron chi connectivity index (χ1n) is 11.8. The second kappa shape index (κ2) is 9.50. The summed E-state index contributed by atoms with van der Waals surface area (Å²) in [7, 11) is 0.373. The largest absolute Gasteiger partial charge is 0.481 e. The van der Waals surface area contributed by atoms with Crippen molar-refractivity contribution in [1.82, 2.24) is 14.8 Å². The quantitative estimate of drug-likeness (QED) is 0.458. The van der Waals surface area contributed by atoms with Gasteiger partial charge in [-0.3, -0.25) is 14.5 Å². The second-order valence-corrected chi connectivity index (χ2v) is 12.2. The minimum atomic E-state index is -4.32. The first-order chi connectivity index (χ1) is 18.2. The van der Waals surface area contributed by atoms with Gasteiger partial charge in [-0.05, 0) is 54.6 Å². The molecule has 196 valence electrons. The number of benzene rings is 1. The van der Waals surface area contributed by atoms with Gasteiger partial charge in [0.15, 0.2) is 5.54 Å². The third kappa shape index (κ3) is 3.61. The number of methoxy groups -OCH3 is 1. The molecule has 4 heterocycles. The number of likely N-dealkylation sites (tertiary alicyclic amines) is 1. The number of anilines is 1. The van der Waals surface area contributed by atoms with Crippen molar-refractivity contribution < 1.29 is 22.7 Å². The van der Waals surface area contributed by atoms with E-state index in [9.17, 15) is 23.3 Å². The first-order valence-corrected chi connectivity index (χ1v) is 14.2. The molecule has 0 bridgehead atoms. The number of thiophene rings is 1. The number of carbonyl (C=O) groups is 2. The summed E-state index contributed by atoms with van der Waals surface area (Å²) >= 11 is 1.00. The van der Waals surface area contributed by atoms with E-state index in [1.807, 2.05) is 0 Å². The highest BCUT2D eigenvalue weighted by Gasteiger charge is 2.63. The fourth-order valence-corrected chi connectivity index (χ4v) is 7.95. The smallest absolute Gasteiger partial charge is 0.280 e. The predicted molar refractivity (Wildman–Crippen MR) is 140 cm³/mol. The van der Waals surface area contributed by atoms with Crippen molar-refractivity contribution in [3.05, 3.63) is 70.7 Å². The van der Waals surface area contributed by atoms with E-state index in [4.69, 9.17) is 4.74 Å². The molecule has 0 aliphatic carbocycles. The Hall–Kier alpha value is -3.79. The zero-order chi connectivity index (χ0) is 27.2. The summed E-state index contributed by atoms with van der Waals surface area (Å²) < 4.78 is 34.3. The summed E-state index contributed by atoms with van der Waals surface area (Å²) in [6.07, 6.45) is 2.58. The molecular weight excluding hydrogens is 526 g/mol. The molecule has 2 aromatic heterocycles. The highest BCUT2D eigenvalue weighted by molar-refractivity contribution is 7.95. The van der Waals surface area contributed by atoms with Crippen LogP contribution in [-0.2, 0) is 25.2 Å². The van der Waals surface area contributed by atoms with Gasteiger partial charge in [-0.2, -0.15) is 18.0 Å². The van der Waals surface area contributed by atoms with Crippen LogP contribution in [-0.4, -0.2) is 68.8 Å². The Morgan fingerprint density at radius 1 is 1.24 bits per heavy atom. The summed E-state index contributed by atoms with van der Waals surface area (Å²) in [4.78, 5) is 35.8. The summed E-state index contributed by atoms with van der Waals surface area (Å²) in [5.41, 5.74) is -0.846. The van der Waals surface area contributed by atoms with E-state index in [2.05, 4.69) is 11.1 Å². The Bertz CT molecular complexity index is 1560. The van der Waals surface area contributed by atoms with Crippen molar-refractivity contribution in [3.63, 3.8) is 0 Å². The van der Waals surface area contributed by atoms with Gasteiger partial charge >= 0.3 is 0 Å². The van der Waals surface area contributed by atoms with Crippen LogP contribution in [0.4, 0.5) is 5.69 Å². The van der Waals surface area contributed by atoms with Crippen LogP contribution in [0.15, 0.2) is 58.3 Å². The number of carbonyl (C=O) groups excluding carboxylic acids is 2. The number of pyridine rings is 1. The number of nitriles is 1. The Labute approximate surface area is 224 Å². The Morgan fingerprint density at radius 2 is 2.03 bits per heavy atom. The second-order valence-electron chi connectivity index (χ2n) is 9.21. The molecule has 5 rings (SSSR count). The van der Waals surface area contributed by atoms with Gasteiger partial charge in [-0.15, -0.1) is 11.3 Å². The van der Waals surface area contributed by atoms with Crippen LogP contribution in [0.2, 0.25) is 0 Å². The van der Waals surface area contributed by atoms with E-state index in [0.717, 1.165) is 15.6 Å². The number of aromatic nitrogens is 1. The molecule has 2 atom stereocenters. The summed E-state index contributed by atoms with van der Waals surface area (Å²) in [6.45, 7) is 0.331. The topological polar surface area (TPSA) is 124 Å². The van der Waals surface area contributed by atoms with Crippen molar-refractivity contribution in [1.29, 1.82) is 5.26 Å². The Morgan fingerprint density at radius 3 is 2.68 bits per heavy atom. The van der Waals surface area contributed by atoms with Gasteiger partial charge in [0.05, 0.1) is 30.5 Å². The van der Waals surface area contributed by atoms with Crippen LogP contribution in [0.25, 0.3) is 0 Å². The van der Waals surface area contributed by atoms with Crippen LogP contribution in [0, 0.1) is 11.3 Å². The lowest BCUT2D eigenvalue weighted by atomic mass is 9.81. The summed E-state index contributed by atoms with van der Waals surface area (Å²) in [5.74, 6) is -0.872. The van der Waals surface area contributed by atoms with E-state index in [0.29, 0.717) is 24.9 Å². The third-order valence-electron chi connectivity index (χ3n) is 6.98. The molecule has 2 aliphatic rings. The normalized spacial score (nSPS) is 21.3. The molecule has 10 nitrogen and oxygen atoms in total. The lowest BCUT2D eigenvalue weighted by Gasteiger charge is -2.41. The number of nitrogens with zero attached hydrogens (tertiary/aromatic N) is 5.